The number of carbonyl (C=O) groups is 1. The van der Waals surface area contributed by atoms with E-state index in [9.17, 15) is 4.79 Å². The molecule has 6 heteroatoms. The van der Waals surface area contributed by atoms with Gasteiger partial charge in [-0.15, -0.1) is 0 Å². The molecule has 1 aromatic rings. The molecule has 0 amide bonds. The first kappa shape index (κ1) is 12.9. The van der Waals surface area contributed by atoms with Gasteiger partial charge in [-0.05, 0) is 12.8 Å². The number of hydrogen-bond donors (Lipinski definition) is 1. The summed E-state index contributed by atoms with van der Waals surface area (Å²) in [4.78, 5) is 16.8. The third kappa shape index (κ3) is 3.16. The van der Waals surface area contributed by atoms with Crippen molar-refractivity contribution in [3.63, 3.8) is 0 Å². The van der Waals surface area contributed by atoms with Gasteiger partial charge in [0.05, 0.1) is 0 Å². The van der Waals surface area contributed by atoms with Crippen LogP contribution in [-0.4, -0.2) is 33.5 Å². The Balaban J connectivity index is 2.73. The molecule has 0 aliphatic carbocycles. The monoisotopic (exact) mass is 243 g/mol. The summed E-state index contributed by atoms with van der Waals surface area (Å²) in [5, 5.41) is 9.54. The quantitative estimate of drug-likeness (QED) is 0.851. The third-order valence-corrected chi connectivity index (χ3v) is 3.13. The molecule has 0 aromatic carbocycles. The van der Waals surface area contributed by atoms with Crippen molar-refractivity contribution in [1.29, 1.82) is 0 Å². The second kappa shape index (κ2) is 5.25. The van der Waals surface area contributed by atoms with E-state index in [0.29, 0.717) is 11.0 Å². The van der Waals surface area contributed by atoms with Gasteiger partial charge in [0.25, 0.3) is 0 Å². The van der Waals surface area contributed by atoms with E-state index in [1.165, 1.54) is 11.5 Å². The fraction of sp³-hybridized carbons (Fsp3) is 0.700. The number of anilines is 1. The first-order valence-corrected chi connectivity index (χ1v) is 5.97. The summed E-state index contributed by atoms with van der Waals surface area (Å²) in [6.45, 7) is 5.83. The summed E-state index contributed by atoms with van der Waals surface area (Å²) in [7, 11) is 1.72. The summed E-state index contributed by atoms with van der Waals surface area (Å²) >= 11 is 1.25. The molecule has 90 valence electrons. The van der Waals surface area contributed by atoms with Crippen molar-refractivity contribution < 1.29 is 9.90 Å². The first-order valence-electron chi connectivity index (χ1n) is 5.20. The first-order chi connectivity index (χ1) is 7.41. The van der Waals surface area contributed by atoms with Crippen molar-refractivity contribution in [3.05, 3.63) is 5.82 Å². The summed E-state index contributed by atoms with van der Waals surface area (Å²) in [5.74, 6) is 0.437. The van der Waals surface area contributed by atoms with E-state index in [-0.39, 0.29) is 0 Å². The number of hydrogen-bond acceptors (Lipinski definition) is 5. The molecule has 0 spiro atoms. The molecule has 1 N–H and O–H groups in total. The minimum absolute atomic E-state index is 0.504. The Bertz CT molecular complexity index is 365. The SMILES string of the molecule is CC(C)Cc1nsc(N(C)C(C)C(=O)O)n1. The summed E-state index contributed by atoms with van der Waals surface area (Å²) in [6, 6.07) is -0.583. The fourth-order valence-corrected chi connectivity index (χ4v) is 1.90. The van der Waals surface area contributed by atoms with E-state index in [1.54, 1.807) is 18.9 Å². The van der Waals surface area contributed by atoms with Gasteiger partial charge < -0.3 is 10.0 Å². The molecule has 0 saturated carbocycles. The van der Waals surface area contributed by atoms with Crippen molar-refractivity contribution in [3.8, 4) is 0 Å². The van der Waals surface area contributed by atoms with E-state index in [0.717, 1.165) is 12.2 Å². The topological polar surface area (TPSA) is 66.3 Å². The number of carboxylic acid groups (broad SMARTS) is 1. The van der Waals surface area contributed by atoms with Gasteiger partial charge in [-0.25, -0.2) is 9.78 Å². The molecule has 0 aliphatic heterocycles. The van der Waals surface area contributed by atoms with Crippen LogP contribution in [0.5, 0.6) is 0 Å². The zero-order valence-corrected chi connectivity index (χ0v) is 10.8. The van der Waals surface area contributed by atoms with E-state index in [2.05, 4.69) is 23.2 Å². The molecule has 0 fully saturated rings. The lowest BCUT2D eigenvalue weighted by Crippen LogP contribution is -2.35. The Morgan fingerprint density at radius 2 is 2.12 bits per heavy atom. The third-order valence-electron chi connectivity index (χ3n) is 2.29. The van der Waals surface area contributed by atoms with Crippen LogP contribution in [0.1, 0.15) is 26.6 Å². The molecule has 1 aromatic heterocycles. The number of aromatic nitrogens is 2. The highest BCUT2D eigenvalue weighted by atomic mass is 32.1. The number of rotatable bonds is 5. The Morgan fingerprint density at radius 1 is 1.50 bits per heavy atom. The highest BCUT2D eigenvalue weighted by Gasteiger charge is 2.20. The van der Waals surface area contributed by atoms with E-state index in [4.69, 9.17) is 5.11 Å². The van der Waals surface area contributed by atoms with E-state index in [1.807, 2.05) is 0 Å². The van der Waals surface area contributed by atoms with Gasteiger partial charge in [-0.3, -0.25) is 0 Å². The van der Waals surface area contributed by atoms with E-state index < -0.39 is 12.0 Å². The van der Waals surface area contributed by atoms with Gasteiger partial charge in [-0.2, -0.15) is 4.37 Å². The van der Waals surface area contributed by atoms with Crippen LogP contribution >= 0.6 is 11.5 Å². The number of aliphatic carboxylic acids is 1. The standard InChI is InChI=1S/C10H17N3O2S/c1-6(2)5-8-11-10(16-12-8)13(4)7(3)9(14)15/h6-7H,5H2,1-4H3,(H,14,15). The summed E-state index contributed by atoms with van der Waals surface area (Å²) in [5.41, 5.74) is 0. The van der Waals surface area contributed by atoms with Crippen LogP contribution in [0.25, 0.3) is 0 Å². The average molecular weight is 243 g/mol. The van der Waals surface area contributed by atoms with Gasteiger partial charge >= 0.3 is 5.97 Å². The summed E-state index contributed by atoms with van der Waals surface area (Å²) < 4.78 is 4.22. The molecule has 16 heavy (non-hydrogen) atoms. The van der Waals surface area contributed by atoms with Crippen LogP contribution in [0.2, 0.25) is 0 Å². The van der Waals surface area contributed by atoms with Crippen LogP contribution < -0.4 is 4.90 Å². The van der Waals surface area contributed by atoms with Crippen LogP contribution in [-0.2, 0) is 11.2 Å². The van der Waals surface area contributed by atoms with Crippen LogP contribution in [0.4, 0.5) is 5.13 Å². The van der Waals surface area contributed by atoms with Gasteiger partial charge in [0.1, 0.15) is 11.9 Å². The second-order valence-corrected chi connectivity index (χ2v) is 4.95. The predicted octanol–water partition coefficient (Wildman–Crippen LogP) is 1.65. The molecule has 1 unspecified atom stereocenters. The molecule has 1 rings (SSSR count). The molecule has 0 saturated heterocycles. The summed E-state index contributed by atoms with van der Waals surface area (Å²) in [6.07, 6.45) is 0.825. The van der Waals surface area contributed by atoms with Crippen molar-refractivity contribution >= 4 is 22.6 Å². The maximum atomic E-state index is 10.8. The largest absolute Gasteiger partial charge is 0.480 e. The molecular formula is C10H17N3O2S. The highest BCUT2D eigenvalue weighted by Crippen LogP contribution is 2.19. The van der Waals surface area contributed by atoms with Crippen molar-refractivity contribution in [2.24, 2.45) is 5.92 Å². The van der Waals surface area contributed by atoms with Gasteiger partial charge in [0, 0.05) is 25.0 Å². The zero-order chi connectivity index (χ0) is 12.3. The Labute approximate surface area is 99.3 Å². The molecule has 0 bridgehead atoms. The molecule has 5 nitrogen and oxygen atoms in total. The zero-order valence-electron chi connectivity index (χ0n) is 9.97. The van der Waals surface area contributed by atoms with Crippen LogP contribution in [0.15, 0.2) is 0 Å². The van der Waals surface area contributed by atoms with Crippen molar-refractivity contribution in [2.45, 2.75) is 33.2 Å². The molecule has 0 aliphatic rings. The maximum Gasteiger partial charge on any atom is 0.326 e. The fourth-order valence-electron chi connectivity index (χ4n) is 1.17. The number of carboxylic acids is 1. The molecule has 1 heterocycles. The van der Waals surface area contributed by atoms with Crippen molar-refractivity contribution in [1.82, 2.24) is 9.36 Å². The smallest absolute Gasteiger partial charge is 0.326 e. The highest BCUT2D eigenvalue weighted by molar-refractivity contribution is 7.09. The van der Waals surface area contributed by atoms with Crippen molar-refractivity contribution in [2.75, 3.05) is 11.9 Å². The average Bonchev–Trinajstić information content (AvgIpc) is 2.62. The Hall–Kier alpha value is -1.17. The minimum atomic E-state index is -0.858. The lowest BCUT2D eigenvalue weighted by molar-refractivity contribution is -0.138. The normalized spacial score (nSPS) is 12.8. The van der Waals surface area contributed by atoms with Gasteiger partial charge in [0.2, 0.25) is 5.13 Å². The maximum absolute atomic E-state index is 10.8. The number of likely N-dealkylation sites (N-methyl/N-ethyl adjacent to an activating group) is 1. The van der Waals surface area contributed by atoms with Gasteiger partial charge in [-0.1, -0.05) is 13.8 Å². The minimum Gasteiger partial charge on any atom is -0.480 e. The Kier molecular flexibility index (Phi) is 4.23. The van der Waals surface area contributed by atoms with Crippen LogP contribution in [0, 0.1) is 5.92 Å². The second-order valence-electron chi connectivity index (χ2n) is 4.22. The molecule has 1 atom stereocenters. The predicted molar refractivity (Wildman–Crippen MR) is 64.0 cm³/mol. The van der Waals surface area contributed by atoms with Crippen LogP contribution in [0.3, 0.4) is 0 Å². The lowest BCUT2D eigenvalue weighted by Gasteiger charge is -2.19. The van der Waals surface area contributed by atoms with Gasteiger partial charge in [0.15, 0.2) is 0 Å². The molecular weight excluding hydrogens is 226 g/mol. The molecule has 0 radical (unpaired) electrons. The number of nitrogens with zero attached hydrogens (tertiary/aromatic N) is 3. The Morgan fingerprint density at radius 3 is 2.62 bits per heavy atom. The lowest BCUT2D eigenvalue weighted by atomic mass is 10.1. The van der Waals surface area contributed by atoms with E-state index >= 15 is 0 Å².